The molecular formula is C14H15ClN2O4S2. The zero-order valence-electron chi connectivity index (χ0n) is 12.4. The average Bonchev–Trinajstić information content (AvgIpc) is 2.41. The summed E-state index contributed by atoms with van der Waals surface area (Å²) in [6.45, 7) is 3.35. The molecule has 0 aliphatic rings. The predicted molar refractivity (Wildman–Crippen MR) is 89.5 cm³/mol. The highest BCUT2D eigenvalue weighted by atomic mass is 35.5. The van der Waals surface area contributed by atoms with Crippen molar-refractivity contribution in [1.29, 1.82) is 0 Å². The Morgan fingerprint density at radius 1 is 0.957 bits per heavy atom. The molecule has 2 aromatic rings. The van der Waals surface area contributed by atoms with Crippen LogP contribution in [0.1, 0.15) is 11.1 Å². The van der Waals surface area contributed by atoms with E-state index in [9.17, 15) is 16.8 Å². The number of sulfonamides is 2. The maximum Gasteiger partial charge on any atom is 0.262 e. The van der Waals surface area contributed by atoms with Crippen molar-refractivity contribution in [3.63, 3.8) is 0 Å². The third kappa shape index (κ3) is 4.03. The normalized spacial score (nSPS) is 12.2. The van der Waals surface area contributed by atoms with Crippen LogP contribution in [-0.4, -0.2) is 16.8 Å². The van der Waals surface area contributed by atoms with E-state index >= 15 is 0 Å². The minimum Gasteiger partial charge on any atom is -0.280 e. The third-order valence-corrected chi connectivity index (χ3v) is 6.04. The highest BCUT2D eigenvalue weighted by molar-refractivity contribution is 7.92. The van der Waals surface area contributed by atoms with Crippen molar-refractivity contribution in [3.05, 3.63) is 52.5 Å². The van der Waals surface area contributed by atoms with Crippen molar-refractivity contribution < 1.29 is 16.8 Å². The third-order valence-electron chi connectivity index (χ3n) is 3.18. The lowest BCUT2D eigenvalue weighted by atomic mass is 10.2. The summed E-state index contributed by atoms with van der Waals surface area (Å²) in [5.74, 6) is 0. The van der Waals surface area contributed by atoms with Crippen molar-refractivity contribution in [2.75, 3.05) is 4.72 Å². The first-order chi connectivity index (χ1) is 10.5. The summed E-state index contributed by atoms with van der Waals surface area (Å²) in [4.78, 5) is 0.00823. The Morgan fingerprint density at radius 3 is 2.04 bits per heavy atom. The number of hydrogen-bond acceptors (Lipinski definition) is 4. The van der Waals surface area contributed by atoms with E-state index in [1.807, 2.05) is 0 Å². The monoisotopic (exact) mass is 374 g/mol. The quantitative estimate of drug-likeness (QED) is 0.856. The van der Waals surface area contributed by atoms with Crippen molar-refractivity contribution in [3.8, 4) is 0 Å². The molecule has 0 saturated heterocycles. The molecule has 0 unspecified atom stereocenters. The molecule has 0 spiro atoms. The van der Waals surface area contributed by atoms with Gasteiger partial charge in [-0.2, -0.15) is 0 Å². The van der Waals surface area contributed by atoms with E-state index < -0.39 is 20.0 Å². The lowest BCUT2D eigenvalue weighted by molar-refractivity contribution is 0.597. The van der Waals surface area contributed by atoms with Crippen LogP contribution >= 0.6 is 11.6 Å². The Morgan fingerprint density at radius 2 is 1.52 bits per heavy atom. The molecule has 6 nitrogen and oxygen atoms in total. The van der Waals surface area contributed by atoms with Gasteiger partial charge in [-0.3, -0.25) is 4.72 Å². The molecule has 124 valence electrons. The summed E-state index contributed by atoms with van der Waals surface area (Å²) in [5, 5.41) is 5.48. The van der Waals surface area contributed by atoms with Crippen LogP contribution in [0.15, 0.2) is 46.2 Å². The highest BCUT2D eigenvalue weighted by Gasteiger charge is 2.18. The zero-order chi connectivity index (χ0) is 17.4. The molecular weight excluding hydrogens is 360 g/mol. The van der Waals surface area contributed by atoms with Gasteiger partial charge in [0, 0.05) is 10.7 Å². The average molecular weight is 375 g/mol. The van der Waals surface area contributed by atoms with Crippen LogP contribution in [0.3, 0.4) is 0 Å². The van der Waals surface area contributed by atoms with Crippen LogP contribution in [0.2, 0.25) is 5.02 Å². The lowest BCUT2D eigenvalue weighted by Crippen LogP contribution is -2.15. The molecule has 23 heavy (non-hydrogen) atoms. The summed E-state index contributed by atoms with van der Waals surface area (Å²) in [6.07, 6.45) is 0. The van der Waals surface area contributed by atoms with Crippen LogP contribution in [0.25, 0.3) is 0 Å². The number of benzene rings is 2. The van der Waals surface area contributed by atoms with Gasteiger partial charge < -0.3 is 0 Å². The predicted octanol–water partition coefficient (Wildman–Crippen LogP) is 2.41. The second kappa shape index (κ2) is 6.12. The second-order valence-electron chi connectivity index (χ2n) is 5.04. The van der Waals surface area contributed by atoms with Crippen molar-refractivity contribution in [2.24, 2.45) is 5.14 Å². The largest absolute Gasteiger partial charge is 0.280 e. The van der Waals surface area contributed by atoms with E-state index in [-0.39, 0.29) is 15.5 Å². The Labute approximate surface area is 140 Å². The molecule has 2 aromatic carbocycles. The number of nitrogens with one attached hydrogen (secondary N) is 1. The number of aryl methyl sites for hydroxylation is 2. The first-order valence-electron chi connectivity index (χ1n) is 6.43. The molecule has 2 rings (SSSR count). The molecule has 3 N–H and O–H groups in total. The molecule has 0 amide bonds. The maximum atomic E-state index is 12.5. The highest BCUT2D eigenvalue weighted by Crippen LogP contribution is 2.25. The minimum atomic E-state index is -3.82. The zero-order valence-corrected chi connectivity index (χ0v) is 14.8. The summed E-state index contributed by atoms with van der Waals surface area (Å²) in [5.41, 5.74) is 1.38. The second-order valence-corrected chi connectivity index (χ2v) is 8.66. The van der Waals surface area contributed by atoms with Crippen LogP contribution in [-0.2, 0) is 20.0 Å². The first kappa shape index (κ1) is 17.7. The molecule has 0 saturated carbocycles. The van der Waals surface area contributed by atoms with Gasteiger partial charge in [0.1, 0.15) is 0 Å². The molecule has 0 aliphatic carbocycles. The summed E-state index contributed by atoms with van der Waals surface area (Å²) in [6, 6.07) is 8.18. The summed E-state index contributed by atoms with van der Waals surface area (Å²) in [7, 11) is -7.65. The van der Waals surface area contributed by atoms with Gasteiger partial charge in [0.2, 0.25) is 10.0 Å². The Balaban J connectivity index is 2.37. The van der Waals surface area contributed by atoms with E-state index in [1.165, 1.54) is 30.3 Å². The molecule has 0 heterocycles. The maximum absolute atomic E-state index is 12.5. The van der Waals surface area contributed by atoms with E-state index in [1.54, 1.807) is 19.9 Å². The van der Waals surface area contributed by atoms with Crippen LogP contribution < -0.4 is 9.86 Å². The minimum absolute atomic E-state index is 0.0982. The molecule has 0 aliphatic heterocycles. The van der Waals surface area contributed by atoms with Gasteiger partial charge >= 0.3 is 0 Å². The first-order valence-corrected chi connectivity index (χ1v) is 9.84. The number of primary sulfonamides is 1. The van der Waals surface area contributed by atoms with Crippen LogP contribution in [0.5, 0.6) is 0 Å². The van der Waals surface area contributed by atoms with Gasteiger partial charge in [0.05, 0.1) is 9.79 Å². The molecule has 0 radical (unpaired) electrons. The molecule has 0 bridgehead atoms. The van der Waals surface area contributed by atoms with Gasteiger partial charge in [-0.1, -0.05) is 11.6 Å². The molecule has 0 fully saturated rings. The Kier molecular flexibility index (Phi) is 4.72. The van der Waals surface area contributed by atoms with Crippen molar-refractivity contribution in [2.45, 2.75) is 23.6 Å². The number of nitrogens with two attached hydrogens (primary N) is 1. The smallest absolute Gasteiger partial charge is 0.262 e. The van der Waals surface area contributed by atoms with Gasteiger partial charge in [-0.05, 0) is 61.4 Å². The number of halogens is 1. The fraction of sp³-hybridized carbons (Fsp3) is 0.143. The standard InChI is InChI=1S/C14H15ClN2O4S2/c1-9-8-14(10(2)7-13(9)15)23(20,21)17-11-3-5-12(6-4-11)22(16,18)19/h3-8,17H,1-2H3,(H2,16,18,19). The molecule has 0 aromatic heterocycles. The topological polar surface area (TPSA) is 106 Å². The summed E-state index contributed by atoms with van der Waals surface area (Å²) >= 11 is 5.97. The Hall–Kier alpha value is -1.61. The molecule has 9 heteroatoms. The lowest BCUT2D eigenvalue weighted by Gasteiger charge is -2.12. The van der Waals surface area contributed by atoms with E-state index in [2.05, 4.69) is 4.72 Å². The Bertz CT molecular complexity index is 953. The molecule has 0 atom stereocenters. The van der Waals surface area contributed by atoms with E-state index in [0.717, 1.165) is 0 Å². The van der Waals surface area contributed by atoms with Gasteiger partial charge in [0.15, 0.2) is 0 Å². The summed E-state index contributed by atoms with van der Waals surface area (Å²) < 4.78 is 49.7. The van der Waals surface area contributed by atoms with Crippen LogP contribution in [0, 0.1) is 13.8 Å². The van der Waals surface area contributed by atoms with E-state index in [0.29, 0.717) is 16.1 Å². The van der Waals surface area contributed by atoms with Gasteiger partial charge in [0.25, 0.3) is 10.0 Å². The fourth-order valence-corrected chi connectivity index (χ4v) is 4.07. The number of rotatable bonds is 4. The van der Waals surface area contributed by atoms with Gasteiger partial charge in [-0.15, -0.1) is 0 Å². The van der Waals surface area contributed by atoms with E-state index in [4.69, 9.17) is 16.7 Å². The van der Waals surface area contributed by atoms with Crippen LogP contribution in [0.4, 0.5) is 5.69 Å². The van der Waals surface area contributed by atoms with Gasteiger partial charge in [-0.25, -0.2) is 22.0 Å². The fourth-order valence-electron chi connectivity index (χ4n) is 1.97. The number of hydrogen-bond donors (Lipinski definition) is 2. The number of anilines is 1. The van der Waals surface area contributed by atoms with Crippen molar-refractivity contribution >= 4 is 37.3 Å². The SMILES string of the molecule is Cc1cc(S(=O)(=O)Nc2ccc(S(N)(=O)=O)cc2)c(C)cc1Cl. The van der Waals surface area contributed by atoms with Crippen molar-refractivity contribution in [1.82, 2.24) is 0 Å².